The molecule has 0 unspecified atom stereocenters. The van der Waals surface area contributed by atoms with Crippen molar-refractivity contribution in [3.8, 4) is 6.07 Å². The van der Waals surface area contributed by atoms with Crippen molar-refractivity contribution in [3.63, 3.8) is 0 Å². The van der Waals surface area contributed by atoms with Gasteiger partial charge < -0.3 is 9.64 Å². The third-order valence-corrected chi connectivity index (χ3v) is 2.86. The lowest BCUT2D eigenvalue weighted by Crippen LogP contribution is -2.38. The summed E-state index contributed by atoms with van der Waals surface area (Å²) in [6.45, 7) is 2.10. The van der Waals surface area contributed by atoms with Crippen LogP contribution in [0.1, 0.15) is 19.8 Å². The standard InChI is InChI=1S/C10H14N2O/c1-7-3-9-10(13-7)4-8(5-11)6-12(9)2/h6-7,9-10H,3-4H2,1-2H3/t7-,9-,10-/m0/s1. The molecule has 2 heterocycles. The Morgan fingerprint density at radius 2 is 2.46 bits per heavy atom. The first-order valence-electron chi connectivity index (χ1n) is 4.69. The van der Waals surface area contributed by atoms with Crippen LogP contribution in [0, 0.1) is 11.3 Å². The van der Waals surface area contributed by atoms with Gasteiger partial charge in [-0.15, -0.1) is 0 Å². The van der Waals surface area contributed by atoms with Crippen LogP contribution in [0.25, 0.3) is 0 Å². The first-order valence-corrected chi connectivity index (χ1v) is 4.69. The molecule has 13 heavy (non-hydrogen) atoms. The maximum absolute atomic E-state index is 8.79. The molecule has 0 spiro atoms. The SMILES string of the molecule is C[C@H]1C[C@H]2[C@H](CC(C#N)=CN2C)O1. The Morgan fingerprint density at radius 3 is 3.15 bits per heavy atom. The molecule has 0 aliphatic carbocycles. The summed E-state index contributed by atoms with van der Waals surface area (Å²) in [6, 6.07) is 2.68. The van der Waals surface area contributed by atoms with E-state index in [1.54, 1.807) is 0 Å². The second-order valence-corrected chi connectivity index (χ2v) is 3.92. The van der Waals surface area contributed by atoms with Crippen LogP contribution < -0.4 is 0 Å². The normalized spacial score (nSPS) is 38.1. The minimum atomic E-state index is 0.236. The zero-order chi connectivity index (χ0) is 9.42. The van der Waals surface area contributed by atoms with E-state index in [9.17, 15) is 0 Å². The molecule has 1 saturated heterocycles. The molecule has 3 atom stereocenters. The van der Waals surface area contributed by atoms with Crippen LogP contribution in [0.3, 0.4) is 0 Å². The molecule has 2 aliphatic heterocycles. The first-order chi connectivity index (χ1) is 6.20. The number of fused-ring (bicyclic) bond motifs is 1. The van der Waals surface area contributed by atoms with Crippen molar-refractivity contribution in [2.75, 3.05) is 7.05 Å². The van der Waals surface area contributed by atoms with Crippen LogP contribution in [0.4, 0.5) is 0 Å². The molecule has 0 amide bonds. The van der Waals surface area contributed by atoms with Gasteiger partial charge in [-0.25, -0.2) is 0 Å². The van der Waals surface area contributed by atoms with Crippen LogP contribution in [0.5, 0.6) is 0 Å². The fourth-order valence-electron chi connectivity index (χ4n) is 2.23. The van der Waals surface area contributed by atoms with E-state index in [4.69, 9.17) is 10.00 Å². The summed E-state index contributed by atoms with van der Waals surface area (Å²) in [6.07, 6.45) is 4.39. The summed E-state index contributed by atoms with van der Waals surface area (Å²) in [5, 5.41) is 8.79. The van der Waals surface area contributed by atoms with Gasteiger partial charge in [0.05, 0.1) is 24.3 Å². The molecule has 0 aromatic rings. The van der Waals surface area contributed by atoms with Crippen LogP contribution in [0.15, 0.2) is 11.8 Å². The molecule has 70 valence electrons. The molecule has 0 bridgehead atoms. The second-order valence-electron chi connectivity index (χ2n) is 3.92. The lowest BCUT2D eigenvalue weighted by molar-refractivity contribution is 0.0356. The predicted octanol–water partition coefficient (Wildman–Crippen LogP) is 1.28. The van der Waals surface area contributed by atoms with Crippen molar-refractivity contribution in [1.29, 1.82) is 5.26 Å². The quantitative estimate of drug-likeness (QED) is 0.560. The van der Waals surface area contributed by atoms with Crippen molar-refractivity contribution in [3.05, 3.63) is 11.8 Å². The topological polar surface area (TPSA) is 36.3 Å². The summed E-state index contributed by atoms with van der Waals surface area (Å²) in [5.74, 6) is 0. The highest BCUT2D eigenvalue weighted by Crippen LogP contribution is 2.32. The van der Waals surface area contributed by atoms with Crippen LogP contribution in [-0.4, -0.2) is 30.2 Å². The van der Waals surface area contributed by atoms with Crippen molar-refractivity contribution in [1.82, 2.24) is 4.90 Å². The van der Waals surface area contributed by atoms with Gasteiger partial charge in [0.2, 0.25) is 0 Å². The Kier molecular flexibility index (Phi) is 2.01. The number of nitriles is 1. The molecular weight excluding hydrogens is 164 g/mol. The van der Waals surface area contributed by atoms with E-state index in [1.807, 2.05) is 13.2 Å². The molecule has 0 aromatic heterocycles. The number of rotatable bonds is 0. The highest BCUT2D eigenvalue weighted by Gasteiger charge is 2.37. The highest BCUT2D eigenvalue weighted by atomic mass is 16.5. The number of hydrogen-bond acceptors (Lipinski definition) is 3. The van der Waals surface area contributed by atoms with E-state index in [0.717, 1.165) is 18.4 Å². The fourth-order valence-corrected chi connectivity index (χ4v) is 2.23. The third-order valence-electron chi connectivity index (χ3n) is 2.86. The number of likely N-dealkylation sites (N-methyl/N-ethyl adjacent to an activating group) is 1. The lowest BCUT2D eigenvalue weighted by atomic mass is 9.97. The monoisotopic (exact) mass is 178 g/mol. The Balaban J connectivity index is 2.17. The molecule has 3 nitrogen and oxygen atoms in total. The smallest absolute Gasteiger partial charge is 0.0963 e. The van der Waals surface area contributed by atoms with Crippen LogP contribution in [-0.2, 0) is 4.74 Å². The fraction of sp³-hybridized carbons (Fsp3) is 0.700. The van der Waals surface area contributed by atoms with Gasteiger partial charge in [0.25, 0.3) is 0 Å². The zero-order valence-electron chi connectivity index (χ0n) is 8.03. The van der Waals surface area contributed by atoms with Crippen LogP contribution in [0.2, 0.25) is 0 Å². The van der Waals surface area contributed by atoms with Gasteiger partial charge in [-0.2, -0.15) is 5.26 Å². The predicted molar refractivity (Wildman–Crippen MR) is 48.8 cm³/mol. The molecule has 1 fully saturated rings. The van der Waals surface area contributed by atoms with E-state index in [1.165, 1.54) is 0 Å². The van der Waals surface area contributed by atoms with E-state index < -0.39 is 0 Å². The van der Waals surface area contributed by atoms with E-state index in [-0.39, 0.29) is 6.10 Å². The summed E-state index contributed by atoms with van der Waals surface area (Å²) >= 11 is 0. The largest absolute Gasteiger partial charge is 0.374 e. The molecule has 2 rings (SSSR count). The van der Waals surface area contributed by atoms with Crippen molar-refractivity contribution < 1.29 is 4.74 Å². The molecular formula is C10H14N2O. The van der Waals surface area contributed by atoms with Gasteiger partial charge in [0.15, 0.2) is 0 Å². The zero-order valence-corrected chi connectivity index (χ0v) is 8.03. The molecule has 0 N–H and O–H groups in total. The van der Waals surface area contributed by atoms with Gasteiger partial charge >= 0.3 is 0 Å². The highest BCUT2D eigenvalue weighted by molar-refractivity contribution is 5.25. The van der Waals surface area contributed by atoms with E-state index in [2.05, 4.69) is 17.9 Å². The van der Waals surface area contributed by atoms with Crippen molar-refractivity contribution in [2.45, 2.75) is 38.0 Å². The van der Waals surface area contributed by atoms with Gasteiger partial charge in [0, 0.05) is 25.2 Å². The second kappa shape index (κ2) is 3.04. The molecule has 0 saturated carbocycles. The summed E-state index contributed by atoms with van der Waals surface area (Å²) in [5.41, 5.74) is 0.831. The maximum Gasteiger partial charge on any atom is 0.0963 e. The van der Waals surface area contributed by atoms with Gasteiger partial charge in [-0.05, 0) is 13.3 Å². The molecule has 3 heteroatoms. The minimum absolute atomic E-state index is 0.236. The van der Waals surface area contributed by atoms with Gasteiger partial charge in [0.1, 0.15) is 0 Å². The van der Waals surface area contributed by atoms with Crippen molar-refractivity contribution in [2.24, 2.45) is 0 Å². The van der Waals surface area contributed by atoms with Gasteiger partial charge in [-0.3, -0.25) is 0 Å². The Morgan fingerprint density at radius 1 is 1.69 bits per heavy atom. The lowest BCUT2D eigenvalue weighted by Gasteiger charge is -2.31. The summed E-state index contributed by atoms with van der Waals surface area (Å²) in [4.78, 5) is 2.12. The number of ether oxygens (including phenoxy) is 1. The molecule has 0 aromatic carbocycles. The Hall–Kier alpha value is -1.01. The number of nitrogens with zero attached hydrogens (tertiary/aromatic N) is 2. The van der Waals surface area contributed by atoms with Gasteiger partial charge in [-0.1, -0.05) is 0 Å². The first kappa shape index (κ1) is 8.58. The van der Waals surface area contributed by atoms with E-state index in [0.29, 0.717) is 12.1 Å². The molecule has 0 radical (unpaired) electrons. The number of hydrogen-bond donors (Lipinski definition) is 0. The average molecular weight is 178 g/mol. The maximum atomic E-state index is 8.79. The summed E-state index contributed by atoms with van der Waals surface area (Å²) < 4.78 is 5.73. The van der Waals surface area contributed by atoms with E-state index >= 15 is 0 Å². The Labute approximate surface area is 78.6 Å². The summed E-state index contributed by atoms with van der Waals surface area (Å²) in [7, 11) is 2.02. The Bertz CT molecular complexity index is 279. The minimum Gasteiger partial charge on any atom is -0.374 e. The van der Waals surface area contributed by atoms with Crippen molar-refractivity contribution >= 4 is 0 Å². The third kappa shape index (κ3) is 1.42. The molecule has 2 aliphatic rings. The van der Waals surface area contributed by atoms with Crippen LogP contribution >= 0.6 is 0 Å². The average Bonchev–Trinajstić information content (AvgIpc) is 2.46.